The predicted octanol–water partition coefficient (Wildman–Crippen LogP) is 2.40. The van der Waals surface area contributed by atoms with E-state index >= 15 is 0 Å². The van der Waals surface area contributed by atoms with Gasteiger partial charge in [0.2, 0.25) is 0 Å². The molecule has 6 nitrogen and oxygen atoms in total. The Balaban J connectivity index is 1.65. The summed E-state index contributed by atoms with van der Waals surface area (Å²) in [6.45, 7) is 3.39. The SMILES string of the molecule is Cc1nc2c(c(=O)[nH]1)CN(Cc1coc3ccc(Cl)cc3c1=O)CC2. The second kappa shape index (κ2) is 6.13. The number of nitrogens with one attached hydrogen (secondary N) is 1. The summed E-state index contributed by atoms with van der Waals surface area (Å²) < 4.78 is 5.56. The lowest BCUT2D eigenvalue weighted by Gasteiger charge is -2.27. The van der Waals surface area contributed by atoms with Gasteiger partial charge in [0.15, 0.2) is 5.43 Å². The van der Waals surface area contributed by atoms with E-state index in [0.717, 1.165) is 12.2 Å². The Morgan fingerprint density at radius 1 is 1.36 bits per heavy atom. The van der Waals surface area contributed by atoms with Crippen molar-refractivity contribution in [1.29, 1.82) is 0 Å². The Hall–Kier alpha value is -2.44. The van der Waals surface area contributed by atoms with Gasteiger partial charge in [-0.05, 0) is 25.1 Å². The van der Waals surface area contributed by atoms with Crippen LogP contribution in [0.3, 0.4) is 0 Å². The summed E-state index contributed by atoms with van der Waals surface area (Å²) in [7, 11) is 0. The van der Waals surface area contributed by atoms with Crippen molar-refractivity contribution in [2.75, 3.05) is 6.54 Å². The molecule has 0 spiro atoms. The van der Waals surface area contributed by atoms with Crippen LogP contribution in [0.1, 0.15) is 22.6 Å². The average molecular weight is 358 g/mol. The molecule has 0 atom stereocenters. The predicted molar refractivity (Wildman–Crippen MR) is 94.9 cm³/mol. The maximum absolute atomic E-state index is 12.7. The Labute approximate surface area is 148 Å². The fourth-order valence-electron chi connectivity index (χ4n) is 3.23. The van der Waals surface area contributed by atoms with Crippen LogP contribution in [0.15, 0.2) is 38.5 Å². The van der Waals surface area contributed by atoms with Crippen LogP contribution in [0.4, 0.5) is 0 Å². The number of rotatable bonds is 2. The molecular weight excluding hydrogens is 342 g/mol. The quantitative estimate of drug-likeness (QED) is 0.761. The lowest BCUT2D eigenvalue weighted by Crippen LogP contribution is -2.36. The molecule has 1 aromatic carbocycles. The molecule has 1 aliphatic rings. The molecule has 128 valence electrons. The second-order valence-corrected chi connectivity index (χ2v) is 6.70. The molecule has 0 aliphatic carbocycles. The Kier molecular flexibility index (Phi) is 3.94. The summed E-state index contributed by atoms with van der Waals surface area (Å²) in [5, 5.41) is 0.967. The summed E-state index contributed by atoms with van der Waals surface area (Å²) in [6, 6.07) is 5.00. The summed E-state index contributed by atoms with van der Waals surface area (Å²) in [4.78, 5) is 34.0. The van der Waals surface area contributed by atoms with Crippen LogP contribution < -0.4 is 11.0 Å². The van der Waals surface area contributed by atoms with E-state index in [-0.39, 0.29) is 11.0 Å². The van der Waals surface area contributed by atoms with Gasteiger partial charge in [0.05, 0.1) is 22.9 Å². The standard InChI is InChI=1S/C18H16ClN3O3/c1-10-20-15-4-5-22(8-14(15)18(24)21-10)7-11-9-25-16-3-2-12(19)6-13(16)17(11)23/h2-3,6,9H,4-5,7-8H2,1H3,(H,20,21,24). The van der Waals surface area contributed by atoms with Crippen LogP contribution in [0.5, 0.6) is 0 Å². The second-order valence-electron chi connectivity index (χ2n) is 6.27. The number of H-pyrrole nitrogens is 1. The largest absolute Gasteiger partial charge is 0.464 e. The first-order valence-corrected chi connectivity index (χ1v) is 8.40. The van der Waals surface area contributed by atoms with Crippen molar-refractivity contribution in [2.45, 2.75) is 26.4 Å². The highest BCUT2D eigenvalue weighted by Gasteiger charge is 2.22. The van der Waals surface area contributed by atoms with Crippen molar-refractivity contribution in [3.05, 3.63) is 72.7 Å². The molecule has 1 aliphatic heterocycles. The number of nitrogens with zero attached hydrogens (tertiary/aromatic N) is 2. The lowest BCUT2D eigenvalue weighted by molar-refractivity contribution is 0.239. The van der Waals surface area contributed by atoms with Gasteiger partial charge in [0.25, 0.3) is 5.56 Å². The highest BCUT2D eigenvalue weighted by molar-refractivity contribution is 6.31. The third-order valence-electron chi connectivity index (χ3n) is 4.47. The molecule has 0 saturated heterocycles. The third kappa shape index (κ3) is 2.99. The minimum atomic E-state index is -0.107. The van der Waals surface area contributed by atoms with Gasteiger partial charge in [0, 0.05) is 36.6 Å². The maximum Gasteiger partial charge on any atom is 0.255 e. The highest BCUT2D eigenvalue weighted by Crippen LogP contribution is 2.19. The fraction of sp³-hybridized carbons (Fsp3) is 0.278. The Morgan fingerprint density at radius 3 is 3.04 bits per heavy atom. The number of aryl methyl sites for hydroxylation is 1. The monoisotopic (exact) mass is 357 g/mol. The van der Waals surface area contributed by atoms with Gasteiger partial charge in [0.1, 0.15) is 11.4 Å². The number of aromatic nitrogens is 2. The summed E-state index contributed by atoms with van der Waals surface area (Å²) in [6.07, 6.45) is 2.18. The number of aromatic amines is 1. The van der Waals surface area contributed by atoms with E-state index < -0.39 is 0 Å². The normalized spacial score (nSPS) is 14.6. The van der Waals surface area contributed by atoms with E-state index in [4.69, 9.17) is 16.0 Å². The van der Waals surface area contributed by atoms with Gasteiger partial charge in [-0.2, -0.15) is 0 Å². The summed E-state index contributed by atoms with van der Waals surface area (Å²) >= 11 is 5.99. The van der Waals surface area contributed by atoms with Crippen molar-refractivity contribution < 1.29 is 4.42 Å². The molecule has 0 saturated carbocycles. The Morgan fingerprint density at radius 2 is 2.20 bits per heavy atom. The van der Waals surface area contributed by atoms with E-state index in [2.05, 4.69) is 14.9 Å². The summed E-state index contributed by atoms with van der Waals surface area (Å²) in [5.41, 5.74) is 2.38. The zero-order chi connectivity index (χ0) is 17.6. The highest BCUT2D eigenvalue weighted by atomic mass is 35.5. The number of halogens is 1. The van der Waals surface area contributed by atoms with Crippen molar-refractivity contribution in [3.8, 4) is 0 Å². The molecule has 3 aromatic rings. The number of hydrogen-bond acceptors (Lipinski definition) is 5. The fourth-order valence-corrected chi connectivity index (χ4v) is 3.41. The Bertz CT molecular complexity index is 1090. The minimum Gasteiger partial charge on any atom is -0.464 e. The molecule has 2 aromatic heterocycles. The zero-order valence-corrected chi connectivity index (χ0v) is 14.4. The van der Waals surface area contributed by atoms with Gasteiger partial charge in [-0.1, -0.05) is 11.6 Å². The van der Waals surface area contributed by atoms with E-state index in [1.807, 2.05) is 0 Å². The van der Waals surface area contributed by atoms with Crippen LogP contribution in [0, 0.1) is 6.92 Å². The van der Waals surface area contributed by atoms with Gasteiger partial charge in [-0.25, -0.2) is 4.98 Å². The van der Waals surface area contributed by atoms with Gasteiger partial charge >= 0.3 is 0 Å². The number of benzene rings is 1. The van der Waals surface area contributed by atoms with Gasteiger partial charge in [-0.15, -0.1) is 0 Å². The molecule has 0 fully saturated rings. The van der Waals surface area contributed by atoms with Crippen LogP contribution in [0.2, 0.25) is 5.02 Å². The number of fused-ring (bicyclic) bond motifs is 2. The minimum absolute atomic E-state index is 0.0921. The van der Waals surface area contributed by atoms with E-state index in [0.29, 0.717) is 52.5 Å². The third-order valence-corrected chi connectivity index (χ3v) is 4.70. The van der Waals surface area contributed by atoms with E-state index in [9.17, 15) is 9.59 Å². The molecule has 4 rings (SSSR count). The first-order chi connectivity index (χ1) is 12.0. The molecule has 0 bridgehead atoms. The zero-order valence-electron chi connectivity index (χ0n) is 13.6. The van der Waals surface area contributed by atoms with Crippen LogP contribution in [0.25, 0.3) is 11.0 Å². The molecular formula is C18H16ClN3O3. The van der Waals surface area contributed by atoms with Crippen molar-refractivity contribution in [2.24, 2.45) is 0 Å². The molecule has 0 unspecified atom stereocenters. The van der Waals surface area contributed by atoms with Crippen LogP contribution >= 0.6 is 11.6 Å². The maximum atomic E-state index is 12.7. The molecule has 25 heavy (non-hydrogen) atoms. The first kappa shape index (κ1) is 16.1. The topological polar surface area (TPSA) is 79.2 Å². The molecule has 7 heteroatoms. The van der Waals surface area contributed by atoms with Crippen LogP contribution in [-0.4, -0.2) is 21.4 Å². The molecule has 0 radical (unpaired) electrons. The summed E-state index contributed by atoms with van der Waals surface area (Å²) in [5.74, 6) is 0.629. The van der Waals surface area contributed by atoms with Gasteiger partial charge in [-0.3, -0.25) is 14.5 Å². The first-order valence-electron chi connectivity index (χ1n) is 8.02. The van der Waals surface area contributed by atoms with E-state index in [1.54, 1.807) is 25.1 Å². The van der Waals surface area contributed by atoms with Crippen LogP contribution in [-0.2, 0) is 19.5 Å². The van der Waals surface area contributed by atoms with Crippen molar-refractivity contribution in [1.82, 2.24) is 14.9 Å². The molecule has 1 N–H and O–H groups in total. The number of hydrogen-bond donors (Lipinski definition) is 1. The van der Waals surface area contributed by atoms with Gasteiger partial charge < -0.3 is 9.40 Å². The van der Waals surface area contributed by atoms with Crippen molar-refractivity contribution in [3.63, 3.8) is 0 Å². The van der Waals surface area contributed by atoms with E-state index in [1.165, 1.54) is 6.26 Å². The van der Waals surface area contributed by atoms with Crippen molar-refractivity contribution >= 4 is 22.6 Å². The molecule has 3 heterocycles. The molecule has 0 amide bonds. The average Bonchev–Trinajstić information content (AvgIpc) is 2.58. The lowest BCUT2D eigenvalue weighted by atomic mass is 10.1. The smallest absolute Gasteiger partial charge is 0.255 e.